The molecule has 2 heterocycles. The zero-order valence-corrected chi connectivity index (χ0v) is 13.3. The Morgan fingerprint density at radius 3 is 3.00 bits per heavy atom. The first-order chi connectivity index (χ1) is 10.1. The van der Waals surface area contributed by atoms with Crippen molar-refractivity contribution in [2.75, 3.05) is 24.6 Å². The molecule has 0 saturated carbocycles. The van der Waals surface area contributed by atoms with E-state index in [9.17, 15) is 8.42 Å². The Morgan fingerprint density at radius 2 is 2.38 bits per heavy atom. The summed E-state index contributed by atoms with van der Waals surface area (Å²) in [6.45, 7) is 1.57. The van der Waals surface area contributed by atoms with Crippen molar-refractivity contribution in [3.8, 4) is 12.3 Å². The third-order valence-corrected chi connectivity index (χ3v) is 5.91. The summed E-state index contributed by atoms with van der Waals surface area (Å²) in [5, 5.41) is 8.22. The molecule has 114 valence electrons. The van der Waals surface area contributed by atoms with Crippen LogP contribution in [0.3, 0.4) is 0 Å². The van der Waals surface area contributed by atoms with Gasteiger partial charge in [0.2, 0.25) is 0 Å². The van der Waals surface area contributed by atoms with Gasteiger partial charge in [-0.3, -0.25) is 0 Å². The van der Waals surface area contributed by atoms with E-state index in [0.29, 0.717) is 37.8 Å². The zero-order valence-electron chi connectivity index (χ0n) is 11.7. The molecule has 0 radical (unpaired) electrons. The number of nitrogens with zero attached hydrogens (tertiary/aromatic N) is 1. The molecule has 1 fully saturated rings. The Balaban J connectivity index is 1.87. The van der Waals surface area contributed by atoms with Crippen LogP contribution in [0.2, 0.25) is 0 Å². The molecule has 1 atom stereocenters. The van der Waals surface area contributed by atoms with Crippen LogP contribution in [0.5, 0.6) is 0 Å². The molecule has 0 aliphatic carbocycles. The van der Waals surface area contributed by atoms with Crippen molar-refractivity contribution in [2.24, 2.45) is 10.9 Å². The van der Waals surface area contributed by atoms with E-state index in [1.54, 1.807) is 11.3 Å². The molecule has 5 nitrogen and oxygen atoms in total. The lowest BCUT2D eigenvalue weighted by Crippen LogP contribution is -2.40. The number of hydrogen-bond donors (Lipinski definition) is 2. The van der Waals surface area contributed by atoms with Gasteiger partial charge in [-0.25, -0.2) is 13.4 Å². The van der Waals surface area contributed by atoms with Gasteiger partial charge in [-0.15, -0.1) is 17.8 Å². The lowest BCUT2D eigenvalue weighted by atomic mass is 10.1. The normalized spacial score (nSPS) is 20.9. The minimum absolute atomic E-state index is 0.148. The highest BCUT2D eigenvalue weighted by Gasteiger charge is 2.27. The Bertz CT molecular complexity index is 615. The van der Waals surface area contributed by atoms with E-state index in [1.165, 1.54) is 4.88 Å². The second-order valence-electron chi connectivity index (χ2n) is 4.95. The minimum Gasteiger partial charge on any atom is -0.356 e. The fourth-order valence-electron chi connectivity index (χ4n) is 2.14. The molecular formula is C14H19N3O2S2. The Kier molecular flexibility index (Phi) is 5.65. The van der Waals surface area contributed by atoms with Crippen LogP contribution in [-0.4, -0.2) is 39.0 Å². The van der Waals surface area contributed by atoms with Crippen molar-refractivity contribution in [1.29, 1.82) is 0 Å². The molecule has 0 aromatic carbocycles. The molecule has 2 N–H and O–H groups in total. The summed E-state index contributed by atoms with van der Waals surface area (Å²) in [4.78, 5) is 5.63. The number of aliphatic imine (C=N–C) groups is 1. The van der Waals surface area contributed by atoms with Crippen LogP contribution in [0.4, 0.5) is 0 Å². The number of nitrogens with one attached hydrogen (secondary N) is 2. The second-order valence-corrected chi connectivity index (χ2v) is 8.21. The molecular weight excluding hydrogens is 306 g/mol. The van der Waals surface area contributed by atoms with Gasteiger partial charge in [-0.1, -0.05) is 12.0 Å². The summed E-state index contributed by atoms with van der Waals surface area (Å²) in [6, 6.07) is 4.01. The van der Waals surface area contributed by atoms with E-state index < -0.39 is 9.84 Å². The predicted molar refractivity (Wildman–Crippen MR) is 87.1 cm³/mol. The molecule has 1 aromatic heterocycles. The fourth-order valence-corrected chi connectivity index (χ4v) is 4.63. The van der Waals surface area contributed by atoms with Gasteiger partial charge in [0.15, 0.2) is 15.8 Å². The van der Waals surface area contributed by atoms with E-state index in [-0.39, 0.29) is 11.7 Å². The third-order valence-electron chi connectivity index (χ3n) is 3.22. The van der Waals surface area contributed by atoms with Crippen LogP contribution in [0.25, 0.3) is 0 Å². The summed E-state index contributed by atoms with van der Waals surface area (Å²) >= 11 is 1.65. The van der Waals surface area contributed by atoms with E-state index >= 15 is 0 Å². The van der Waals surface area contributed by atoms with E-state index in [0.717, 1.165) is 0 Å². The fraction of sp³-hybridized carbons (Fsp3) is 0.500. The van der Waals surface area contributed by atoms with Gasteiger partial charge in [-0.2, -0.15) is 0 Å². The Morgan fingerprint density at radius 1 is 1.52 bits per heavy atom. The molecule has 21 heavy (non-hydrogen) atoms. The number of rotatable bonds is 5. The van der Waals surface area contributed by atoms with Crippen LogP contribution in [0.15, 0.2) is 22.5 Å². The predicted octanol–water partition coefficient (Wildman–Crippen LogP) is 0.851. The second kappa shape index (κ2) is 7.48. The molecule has 0 spiro atoms. The van der Waals surface area contributed by atoms with Crippen molar-refractivity contribution in [2.45, 2.75) is 13.0 Å². The Labute approximate surface area is 129 Å². The van der Waals surface area contributed by atoms with Crippen LogP contribution in [0, 0.1) is 18.3 Å². The van der Waals surface area contributed by atoms with Gasteiger partial charge in [0.05, 0.1) is 24.6 Å². The third kappa shape index (κ3) is 5.40. The van der Waals surface area contributed by atoms with Gasteiger partial charge < -0.3 is 10.6 Å². The van der Waals surface area contributed by atoms with Gasteiger partial charge in [0.25, 0.3) is 0 Å². The average molecular weight is 325 g/mol. The number of terminal acetylenes is 1. The van der Waals surface area contributed by atoms with E-state index in [2.05, 4.69) is 21.5 Å². The minimum atomic E-state index is -2.84. The first-order valence-electron chi connectivity index (χ1n) is 6.77. The monoisotopic (exact) mass is 325 g/mol. The molecule has 0 bridgehead atoms. The summed E-state index contributed by atoms with van der Waals surface area (Å²) < 4.78 is 22.9. The van der Waals surface area contributed by atoms with Crippen LogP contribution in [0.1, 0.15) is 11.3 Å². The van der Waals surface area contributed by atoms with Crippen molar-refractivity contribution < 1.29 is 8.42 Å². The van der Waals surface area contributed by atoms with Gasteiger partial charge >= 0.3 is 0 Å². The molecule has 7 heteroatoms. The van der Waals surface area contributed by atoms with Crippen molar-refractivity contribution >= 4 is 27.1 Å². The Hall–Kier alpha value is -1.52. The van der Waals surface area contributed by atoms with Crippen molar-refractivity contribution in [3.63, 3.8) is 0 Å². The highest BCUT2D eigenvalue weighted by molar-refractivity contribution is 7.91. The standard InChI is InChI=1S/C14H19N3O2S2/c1-2-6-15-14(17-10-13-4-3-7-20-13)16-9-12-5-8-21(18,19)11-12/h1,3-4,7,12H,5-6,8-11H2,(H2,15,16,17). The maximum atomic E-state index is 11.4. The number of sulfone groups is 1. The number of hydrogen-bond acceptors (Lipinski definition) is 4. The lowest BCUT2D eigenvalue weighted by molar-refractivity contribution is 0.568. The molecule has 1 aliphatic rings. The molecule has 1 unspecified atom stereocenters. The van der Waals surface area contributed by atoms with Crippen molar-refractivity contribution in [1.82, 2.24) is 10.6 Å². The average Bonchev–Trinajstić information content (AvgIpc) is 3.07. The van der Waals surface area contributed by atoms with Crippen LogP contribution in [-0.2, 0) is 16.4 Å². The van der Waals surface area contributed by atoms with Crippen molar-refractivity contribution in [3.05, 3.63) is 22.4 Å². The SMILES string of the molecule is C#CCNC(=NCc1cccs1)NCC1CCS(=O)(=O)C1. The highest BCUT2D eigenvalue weighted by Crippen LogP contribution is 2.17. The van der Waals surface area contributed by atoms with Crippen LogP contribution >= 0.6 is 11.3 Å². The van der Waals surface area contributed by atoms with Gasteiger partial charge in [-0.05, 0) is 23.8 Å². The van der Waals surface area contributed by atoms with Crippen LogP contribution < -0.4 is 10.6 Å². The first kappa shape index (κ1) is 15.9. The smallest absolute Gasteiger partial charge is 0.192 e. The molecule has 0 amide bonds. The first-order valence-corrected chi connectivity index (χ1v) is 9.47. The molecule has 2 rings (SSSR count). The number of guanidine groups is 1. The van der Waals surface area contributed by atoms with Gasteiger partial charge in [0.1, 0.15) is 0 Å². The maximum Gasteiger partial charge on any atom is 0.192 e. The van der Waals surface area contributed by atoms with E-state index in [1.807, 2.05) is 17.5 Å². The quantitative estimate of drug-likeness (QED) is 0.478. The highest BCUT2D eigenvalue weighted by atomic mass is 32.2. The van der Waals surface area contributed by atoms with Gasteiger partial charge in [0, 0.05) is 11.4 Å². The number of thiophene rings is 1. The summed E-state index contributed by atoms with van der Waals surface area (Å²) in [5.74, 6) is 3.83. The largest absolute Gasteiger partial charge is 0.356 e. The topological polar surface area (TPSA) is 70.6 Å². The zero-order chi connectivity index (χ0) is 15.1. The molecule has 1 aromatic rings. The molecule has 1 aliphatic heterocycles. The summed E-state index contributed by atoms with van der Waals surface area (Å²) in [7, 11) is -2.84. The summed E-state index contributed by atoms with van der Waals surface area (Å²) in [5.41, 5.74) is 0. The molecule has 1 saturated heterocycles. The van der Waals surface area contributed by atoms with E-state index in [4.69, 9.17) is 6.42 Å². The lowest BCUT2D eigenvalue weighted by Gasteiger charge is -2.13. The maximum absolute atomic E-state index is 11.4. The summed E-state index contributed by atoms with van der Waals surface area (Å²) in [6.07, 6.45) is 5.96.